The lowest BCUT2D eigenvalue weighted by Crippen LogP contribution is -2.33. The number of nitrogens with one attached hydrogen (secondary N) is 1. The van der Waals surface area contributed by atoms with E-state index in [2.05, 4.69) is 5.32 Å². The second-order valence-electron chi connectivity index (χ2n) is 7.48. The van der Waals surface area contributed by atoms with E-state index >= 15 is 0 Å². The Labute approximate surface area is 175 Å². The number of carbonyl (C=O) groups is 3. The van der Waals surface area contributed by atoms with Crippen LogP contribution in [0.4, 0.5) is 11.4 Å². The third-order valence-corrected chi connectivity index (χ3v) is 5.52. The first-order chi connectivity index (χ1) is 13.7. The molecule has 2 aromatic carbocycles. The highest BCUT2D eigenvalue weighted by atomic mass is 35.5. The molecule has 1 atom stereocenters. The summed E-state index contributed by atoms with van der Waals surface area (Å²) in [4.78, 5) is 40.9. The maximum Gasteiger partial charge on any atom is 0.254 e. The number of carbonyl (C=O) groups excluding carboxylic acids is 3. The predicted molar refractivity (Wildman–Crippen MR) is 114 cm³/mol. The summed E-state index contributed by atoms with van der Waals surface area (Å²) in [5.74, 6) is -1.62. The fourth-order valence-electron chi connectivity index (χ4n) is 3.31. The third-order valence-electron chi connectivity index (χ3n) is 5.19. The van der Waals surface area contributed by atoms with Crippen LogP contribution in [0, 0.1) is 19.8 Å². The van der Waals surface area contributed by atoms with Crippen LogP contribution in [0.15, 0.2) is 36.4 Å². The van der Waals surface area contributed by atoms with Gasteiger partial charge in [0.1, 0.15) is 5.92 Å². The van der Waals surface area contributed by atoms with Crippen molar-refractivity contribution in [3.05, 3.63) is 58.1 Å². The molecule has 0 saturated carbocycles. The maximum absolute atomic E-state index is 12.8. The first-order valence-electron chi connectivity index (χ1n) is 9.39. The quantitative estimate of drug-likeness (QED) is 0.778. The van der Waals surface area contributed by atoms with Crippen molar-refractivity contribution in [1.82, 2.24) is 4.90 Å². The van der Waals surface area contributed by atoms with Crippen LogP contribution in [0.2, 0.25) is 5.02 Å². The van der Waals surface area contributed by atoms with Crippen LogP contribution < -0.4 is 10.2 Å². The van der Waals surface area contributed by atoms with Gasteiger partial charge in [-0.1, -0.05) is 17.7 Å². The van der Waals surface area contributed by atoms with Gasteiger partial charge in [0, 0.05) is 32.0 Å². The van der Waals surface area contributed by atoms with Crippen LogP contribution in [0.5, 0.6) is 0 Å². The summed E-state index contributed by atoms with van der Waals surface area (Å²) in [6, 6.07) is 10.6. The van der Waals surface area contributed by atoms with Gasteiger partial charge in [-0.15, -0.1) is 0 Å². The molecule has 6 nitrogen and oxygen atoms in total. The van der Waals surface area contributed by atoms with Gasteiger partial charge < -0.3 is 15.1 Å². The standard InChI is InChI=1S/C22H24ClN3O3/c1-13-5-7-16(11-14(13)2)26-10-9-17(22(26)29)20(27)24-15-6-8-19(23)18(12-15)21(28)25(3)4/h5-8,11-12,17H,9-10H2,1-4H3,(H,24,27). The summed E-state index contributed by atoms with van der Waals surface area (Å²) < 4.78 is 0. The lowest BCUT2D eigenvalue weighted by Gasteiger charge is -2.18. The van der Waals surface area contributed by atoms with Crippen molar-refractivity contribution in [2.75, 3.05) is 30.9 Å². The fourth-order valence-corrected chi connectivity index (χ4v) is 3.51. The first-order valence-corrected chi connectivity index (χ1v) is 9.77. The molecule has 0 radical (unpaired) electrons. The number of amides is 3. The van der Waals surface area contributed by atoms with E-state index in [0.29, 0.717) is 29.2 Å². The van der Waals surface area contributed by atoms with Crippen molar-refractivity contribution in [3.63, 3.8) is 0 Å². The summed E-state index contributed by atoms with van der Waals surface area (Å²) >= 11 is 6.11. The Morgan fingerprint density at radius 2 is 1.83 bits per heavy atom. The van der Waals surface area contributed by atoms with E-state index in [9.17, 15) is 14.4 Å². The van der Waals surface area contributed by atoms with Crippen molar-refractivity contribution < 1.29 is 14.4 Å². The van der Waals surface area contributed by atoms with Gasteiger partial charge in [-0.3, -0.25) is 14.4 Å². The molecule has 3 amide bonds. The molecule has 29 heavy (non-hydrogen) atoms. The van der Waals surface area contributed by atoms with Crippen LogP contribution in [0.1, 0.15) is 27.9 Å². The van der Waals surface area contributed by atoms with E-state index in [-0.39, 0.29) is 17.7 Å². The number of anilines is 2. The molecule has 2 aromatic rings. The normalized spacial score (nSPS) is 16.1. The molecule has 0 bridgehead atoms. The summed E-state index contributed by atoms with van der Waals surface area (Å²) in [6.45, 7) is 4.50. The minimum absolute atomic E-state index is 0.218. The molecule has 0 spiro atoms. The van der Waals surface area contributed by atoms with Gasteiger partial charge >= 0.3 is 0 Å². The zero-order valence-electron chi connectivity index (χ0n) is 17.0. The molecule has 1 N–H and O–H groups in total. The van der Waals surface area contributed by atoms with Crippen molar-refractivity contribution in [1.29, 1.82) is 0 Å². The highest BCUT2D eigenvalue weighted by molar-refractivity contribution is 6.34. The van der Waals surface area contributed by atoms with Gasteiger partial charge in [0.05, 0.1) is 10.6 Å². The zero-order valence-corrected chi connectivity index (χ0v) is 17.7. The van der Waals surface area contributed by atoms with Crippen LogP contribution in [-0.2, 0) is 9.59 Å². The molecule has 1 unspecified atom stereocenters. The van der Waals surface area contributed by atoms with E-state index in [4.69, 9.17) is 11.6 Å². The van der Waals surface area contributed by atoms with Gasteiger partial charge in [0.2, 0.25) is 11.8 Å². The Bertz CT molecular complexity index is 987. The molecule has 1 aliphatic heterocycles. The number of nitrogens with zero attached hydrogens (tertiary/aromatic N) is 2. The number of aryl methyl sites for hydroxylation is 2. The average Bonchev–Trinajstić information content (AvgIpc) is 3.06. The molecule has 152 valence electrons. The van der Waals surface area contributed by atoms with Crippen LogP contribution in [0.3, 0.4) is 0 Å². The van der Waals surface area contributed by atoms with E-state index in [1.54, 1.807) is 31.1 Å². The van der Waals surface area contributed by atoms with E-state index in [1.807, 2.05) is 32.0 Å². The smallest absolute Gasteiger partial charge is 0.254 e. The maximum atomic E-state index is 12.8. The Kier molecular flexibility index (Phi) is 5.94. The van der Waals surface area contributed by atoms with Crippen molar-refractivity contribution >= 4 is 40.7 Å². The van der Waals surface area contributed by atoms with Crippen molar-refractivity contribution in [3.8, 4) is 0 Å². The molecule has 1 aliphatic rings. The average molecular weight is 414 g/mol. The summed E-state index contributed by atoms with van der Waals surface area (Å²) in [7, 11) is 3.25. The third kappa shape index (κ3) is 4.27. The van der Waals surface area contributed by atoms with Gasteiger partial charge in [0.25, 0.3) is 5.91 Å². The van der Waals surface area contributed by atoms with Gasteiger partial charge in [-0.25, -0.2) is 0 Å². The molecule has 7 heteroatoms. The van der Waals surface area contributed by atoms with Crippen LogP contribution in [0.25, 0.3) is 0 Å². The Morgan fingerprint density at radius 3 is 2.48 bits per heavy atom. The Balaban J connectivity index is 1.75. The molecule has 3 rings (SSSR count). The van der Waals surface area contributed by atoms with Gasteiger partial charge in [-0.2, -0.15) is 0 Å². The number of hydrogen-bond acceptors (Lipinski definition) is 3. The number of rotatable bonds is 4. The summed E-state index contributed by atoms with van der Waals surface area (Å²) in [6.07, 6.45) is 0.439. The number of hydrogen-bond donors (Lipinski definition) is 1. The lowest BCUT2D eigenvalue weighted by atomic mass is 10.1. The van der Waals surface area contributed by atoms with E-state index < -0.39 is 5.92 Å². The Morgan fingerprint density at radius 1 is 1.10 bits per heavy atom. The lowest BCUT2D eigenvalue weighted by molar-refractivity contribution is -0.129. The fraction of sp³-hybridized carbons (Fsp3) is 0.318. The Hall–Kier alpha value is -2.86. The molecule has 1 fully saturated rings. The zero-order chi connectivity index (χ0) is 21.3. The minimum atomic E-state index is -0.764. The van der Waals surface area contributed by atoms with E-state index in [0.717, 1.165) is 16.8 Å². The topological polar surface area (TPSA) is 69.7 Å². The monoisotopic (exact) mass is 413 g/mol. The van der Waals surface area contributed by atoms with E-state index in [1.165, 1.54) is 11.0 Å². The molecule has 0 aliphatic carbocycles. The molecular weight excluding hydrogens is 390 g/mol. The molecule has 1 saturated heterocycles. The van der Waals surface area contributed by atoms with Crippen LogP contribution in [-0.4, -0.2) is 43.3 Å². The largest absolute Gasteiger partial charge is 0.345 e. The second kappa shape index (κ2) is 8.25. The second-order valence-corrected chi connectivity index (χ2v) is 7.89. The number of halogens is 1. The SMILES string of the molecule is Cc1ccc(N2CCC(C(=O)Nc3ccc(Cl)c(C(=O)N(C)C)c3)C2=O)cc1C. The molecule has 0 aromatic heterocycles. The highest BCUT2D eigenvalue weighted by Crippen LogP contribution is 2.28. The van der Waals surface area contributed by atoms with Crippen LogP contribution >= 0.6 is 11.6 Å². The summed E-state index contributed by atoms with van der Waals surface area (Å²) in [5, 5.41) is 3.06. The van der Waals surface area contributed by atoms with Gasteiger partial charge in [-0.05, 0) is 61.7 Å². The summed E-state index contributed by atoms with van der Waals surface area (Å²) in [5.41, 5.74) is 3.78. The minimum Gasteiger partial charge on any atom is -0.345 e. The van der Waals surface area contributed by atoms with Crippen molar-refractivity contribution in [2.45, 2.75) is 20.3 Å². The molecular formula is C22H24ClN3O3. The first kappa shape index (κ1) is 20.9. The molecule has 1 heterocycles. The number of benzene rings is 2. The van der Waals surface area contributed by atoms with Crippen molar-refractivity contribution in [2.24, 2.45) is 5.92 Å². The highest BCUT2D eigenvalue weighted by Gasteiger charge is 2.37. The predicted octanol–water partition coefficient (Wildman–Crippen LogP) is 3.65. The van der Waals surface area contributed by atoms with Gasteiger partial charge in [0.15, 0.2) is 0 Å².